The third kappa shape index (κ3) is 8.31. The predicted molar refractivity (Wildman–Crippen MR) is 44.0 cm³/mol. The molecule has 0 bridgehead atoms. The number of hydrogen-bond acceptors (Lipinski definition) is 2. The Morgan fingerprint density at radius 3 is 2.56 bits per heavy atom. The third-order valence-electron chi connectivity index (χ3n) is 0.883. The minimum absolute atomic E-state index is 0.673. The molecule has 0 atom stereocenters. The smallest absolute Gasteiger partial charge is 0.0556 e. The van der Waals surface area contributed by atoms with Gasteiger partial charge in [0.05, 0.1) is 6.61 Å². The summed E-state index contributed by atoms with van der Waals surface area (Å²) in [4.78, 5) is 0. The molecular weight excluding hydrogens is 132 g/mol. The highest BCUT2D eigenvalue weighted by Crippen LogP contribution is 1.95. The summed E-state index contributed by atoms with van der Waals surface area (Å²) in [7, 11) is 0. The molecule has 0 amide bonds. The fourth-order valence-electron chi connectivity index (χ4n) is 0.461. The molecule has 0 aromatic heterocycles. The lowest BCUT2D eigenvalue weighted by molar-refractivity contribution is 0.124. The lowest BCUT2D eigenvalue weighted by Crippen LogP contribution is -2.04. The first-order chi connectivity index (χ1) is 4.27. The van der Waals surface area contributed by atoms with Gasteiger partial charge in [-0.3, -0.25) is 0 Å². The summed E-state index contributed by atoms with van der Waals surface area (Å²) in [5.41, 5.74) is 0. The first kappa shape index (κ1) is 9.31. The first-order valence-corrected chi connectivity index (χ1v) is 4.73. The van der Waals surface area contributed by atoms with Crippen LogP contribution in [-0.2, 0) is 4.74 Å². The van der Waals surface area contributed by atoms with Crippen LogP contribution in [0.5, 0.6) is 0 Å². The van der Waals surface area contributed by atoms with Crippen molar-refractivity contribution >= 4 is 11.8 Å². The van der Waals surface area contributed by atoms with Crippen molar-refractivity contribution in [3.63, 3.8) is 0 Å². The zero-order valence-corrected chi connectivity index (χ0v) is 7.33. The van der Waals surface area contributed by atoms with E-state index in [1.807, 2.05) is 11.8 Å². The largest absolute Gasteiger partial charge is 0.380 e. The SMILES string of the molecule is CSCCOCC(C)C. The molecule has 0 unspecified atom stereocenters. The fraction of sp³-hybridized carbons (Fsp3) is 1.00. The zero-order valence-electron chi connectivity index (χ0n) is 6.52. The van der Waals surface area contributed by atoms with Crippen LogP contribution in [0.3, 0.4) is 0 Å². The van der Waals surface area contributed by atoms with Gasteiger partial charge < -0.3 is 4.74 Å². The lowest BCUT2D eigenvalue weighted by Gasteiger charge is -2.04. The molecule has 0 saturated heterocycles. The minimum atomic E-state index is 0.673. The van der Waals surface area contributed by atoms with Crippen LogP contribution in [0, 0.1) is 5.92 Å². The topological polar surface area (TPSA) is 9.23 Å². The van der Waals surface area contributed by atoms with Crippen molar-refractivity contribution in [3.05, 3.63) is 0 Å². The Kier molecular flexibility index (Phi) is 6.65. The van der Waals surface area contributed by atoms with Gasteiger partial charge in [0.15, 0.2) is 0 Å². The highest BCUT2D eigenvalue weighted by molar-refractivity contribution is 7.98. The molecule has 56 valence electrons. The van der Waals surface area contributed by atoms with E-state index in [-0.39, 0.29) is 0 Å². The monoisotopic (exact) mass is 148 g/mol. The van der Waals surface area contributed by atoms with Gasteiger partial charge in [-0.15, -0.1) is 0 Å². The third-order valence-corrected chi connectivity index (χ3v) is 1.46. The van der Waals surface area contributed by atoms with Crippen molar-refractivity contribution in [1.29, 1.82) is 0 Å². The van der Waals surface area contributed by atoms with Gasteiger partial charge in [-0.2, -0.15) is 11.8 Å². The van der Waals surface area contributed by atoms with Crippen LogP contribution in [0.1, 0.15) is 13.8 Å². The van der Waals surface area contributed by atoms with E-state index in [0.29, 0.717) is 5.92 Å². The summed E-state index contributed by atoms with van der Waals surface area (Å²) in [6, 6.07) is 0. The van der Waals surface area contributed by atoms with Gasteiger partial charge in [-0.1, -0.05) is 13.8 Å². The predicted octanol–water partition coefficient (Wildman–Crippen LogP) is 2.02. The fourth-order valence-corrected chi connectivity index (χ4v) is 0.746. The number of rotatable bonds is 5. The molecule has 0 N–H and O–H groups in total. The molecule has 0 aromatic carbocycles. The molecular formula is C7H16OS. The number of thioether (sulfide) groups is 1. The van der Waals surface area contributed by atoms with Gasteiger partial charge in [-0.25, -0.2) is 0 Å². The summed E-state index contributed by atoms with van der Waals surface area (Å²) < 4.78 is 5.31. The average Bonchev–Trinajstić information content (AvgIpc) is 1.80. The molecule has 9 heavy (non-hydrogen) atoms. The van der Waals surface area contributed by atoms with Gasteiger partial charge in [0, 0.05) is 12.4 Å². The van der Waals surface area contributed by atoms with E-state index in [4.69, 9.17) is 4.74 Å². The number of hydrogen-bond donors (Lipinski definition) is 0. The molecule has 0 aliphatic carbocycles. The molecule has 0 aliphatic heterocycles. The van der Waals surface area contributed by atoms with Crippen LogP contribution in [0.4, 0.5) is 0 Å². The van der Waals surface area contributed by atoms with Crippen molar-refractivity contribution in [1.82, 2.24) is 0 Å². The Balaban J connectivity index is 2.75. The maximum absolute atomic E-state index is 5.31. The van der Waals surface area contributed by atoms with E-state index in [1.54, 1.807) is 0 Å². The number of ether oxygens (including phenoxy) is 1. The molecule has 1 nitrogen and oxygen atoms in total. The van der Waals surface area contributed by atoms with Crippen molar-refractivity contribution in [2.75, 3.05) is 25.2 Å². The van der Waals surface area contributed by atoms with Crippen molar-refractivity contribution < 1.29 is 4.74 Å². The zero-order chi connectivity index (χ0) is 7.11. The summed E-state index contributed by atoms with van der Waals surface area (Å²) in [6.45, 7) is 6.14. The van der Waals surface area contributed by atoms with Crippen LogP contribution in [0.2, 0.25) is 0 Å². The molecule has 2 heteroatoms. The summed E-state index contributed by atoms with van der Waals surface area (Å²) in [6.07, 6.45) is 2.10. The summed E-state index contributed by atoms with van der Waals surface area (Å²) in [5.74, 6) is 1.79. The van der Waals surface area contributed by atoms with Gasteiger partial charge in [0.1, 0.15) is 0 Å². The Labute approximate surface area is 62.2 Å². The highest BCUT2D eigenvalue weighted by Gasteiger charge is 1.91. The second-order valence-electron chi connectivity index (χ2n) is 2.46. The second kappa shape index (κ2) is 6.43. The van der Waals surface area contributed by atoms with Gasteiger partial charge in [-0.05, 0) is 12.2 Å². The Morgan fingerprint density at radius 2 is 2.11 bits per heavy atom. The van der Waals surface area contributed by atoms with Crippen molar-refractivity contribution in [2.45, 2.75) is 13.8 Å². The van der Waals surface area contributed by atoms with E-state index in [9.17, 15) is 0 Å². The average molecular weight is 148 g/mol. The van der Waals surface area contributed by atoms with Crippen molar-refractivity contribution in [2.24, 2.45) is 5.92 Å². The van der Waals surface area contributed by atoms with E-state index in [0.717, 1.165) is 19.0 Å². The quantitative estimate of drug-likeness (QED) is 0.552. The molecule has 0 spiro atoms. The molecule has 0 radical (unpaired) electrons. The summed E-state index contributed by atoms with van der Waals surface area (Å²) in [5, 5.41) is 0. The van der Waals surface area contributed by atoms with Crippen LogP contribution < -0.4 is 0 Å². The van der Waals surface area contributed by atoms with E-state index >= 15 is 0 Å². The molecule has 0 heterocycles. The molecule has 0 fully saturated rings. The first-order valence-electron chi connectivity index (χ1n) is 3.34. The van der Waals surface area contributed by atoms with Crippen LogP contribution in [-0.4, -0.2) is 25.2 Å². The standard InChI is InChI=1S/C7H16OS/c1-7(2)6-8-4-5-9-3/h7H,4-6H2,1-3H3. The van der Waals surface area contributed by atoms with Gasteiger partial charge >= 0.3 is 0 Å². The maximum Gasteiger partial charge on any atom is 0.0556 e. The molecule has 0 aliphatic rings. The maximum atomic E-state index is 5.31. The highest BCUT2D eigenvalue weighted by atomic mass is 32.2. The molecule has 0 saturated carbocycles. The van der Waals surface area contributed by atoms with E-state index < -0.39 is 0 Å². The normalized spacial score (nSPS) is 10.7. The van der Waals surface area contributed by atoms with Gasteiger partial charge in [0.2, 0.25) is 0 Å². The molecule has 0 rings (SSSR count). The van der Waals surface area contributed by atoms with Crippen LogP contribution in [0.15, 0.2) is 0 Å². The lowest BCUT2D eigenvalue weighted by atomic mass is 10.2. The van der Waals surface area contributed by atoms with Crippen molar-refractivity contribution in [3.8, 4) is 0 Å². The summed E-state index contributed by atoms with van der Waals surface area (Å²) >= 11 is 1.83. The molecule has 0 aromatic rings. The second-order valence-corrected chi connectivity index (χ2v) is 3.45. The Morgan fingerprint density at radius 1 is 1.44 bits per heavy atom. The van der Waals surface area contributed by atoms with Crippen LogP contribution >= 0.6 is 11.8 Å². The van der Waals surface area contributed by atoms with E-state index in [1.165, 1.54) is 0 Å². The van der Waals surface area contributed by atoms with Crippen LogP contribution in [0.25, 0.3) is 0 Å². The Hall–Kier alpha value is 0.310. The minimum Gasteiger partial charge on any atom is -0.380 e. The van der Waals surface area contributed by atoms with Gasteiger partial charge in [0.25, 0.3) is 0 Å². The van der Waals surface area contributed by atoms with E-state index in [2.05, 4.69) is 20.1 Å². The Bertz CT molecular complexity index is 54.9.